The lowest BCUT2D eigenvalue weighted by Crippen LogP contribution is -2.24. The van der Waals surface area contributed by atoms with Crippen LogP contribution in [0, 0.1) is 6.92 Å². The van der Waals surface area contributed by atoms with Gasteiger partial charge < -0.3 is 4.74 Å². The van der Waals surface area contributed by atoms with E-state index in [1.165, 1.54) is 0 Å². The lowest BCUT2D eigenvalue weighted by Gasteiger charge is -2.21. The molecule has 0 aliphatic carbocycles. The molecule has 100 valence electrons. The predicted octanol–water partition coefficient (Wildman–Crippen LogP) is 2.90. The molecule has 1 aromatic rings. The second-order valence-electron chi connectivity index (χ2n) is 4.77. The summed E-state index contributed by atoms with van der Waals surface area (Å²) in [6.07, 6.45) is 0.644. The van der Waals surface area contributed by atoms with E-state index >= 15 is 0 Å². The van der Waals surface area contributed by atoms with Crippen molar-refractivity contribution in [3.8, 4) is 0 Å². The smallest absolute Gasteiger partial charge is 0.373 e. The third kappa shape index (κ3) is 4.85. The Morgan fingerprint density at radius 1 is 1.22 bits per heavy atom. The van der Waals surface area contributed by atoms with Crippen molar-refractivity contribution >= 4 is 5.97 Å². The molecule has 0 amide bonds. The number of hydrogen-bond donors (Lipinski definition) is 0. The van der Waals surface area contributed by atoms with Gasteiger partial charge in [0, 0.05) is 13.5 Å². The first-order chi connectivity index (χ1) is 8.44. The van der Waals surface area contributed by atoms with Gasteiger partial charge in [-0.15, -0.1) is 0 Å². The Morgan fingerprint density at radius 3 is 2.39 bits per heavy atom. The van der Waals surface area contributed by atoms with Crippen LogP contribution in [0.2, 0.25) is 0 Å². The molecule has 1 aromatic carbocycles. The van der Waals surface area contributed by atoms with E-state index in [1.54, 1.807) is 19.2 Å². The summed E-state index contributed by atoms with van der Waals surface area (Å²) >= 11 is 0. The number of carbonyl (C=O) groups is 1. The molecule has 0 aromatic heterocycles. The van der Waals surface area contributed by atoms with Crippen molar-refractivity contribution in [3.05, 3.63) is 35.4 Å². The molecule has 0 spiro atoms. The molecule has 0 fully saturated rings. The molecule has 0 saturated heterocycles. The Labute approximate surface area is 108 Å². The van der Waals surface area contributed by atoms with Crippen LogP contribution in [0.1, 0.15) is 36.2 Å². The largest absolute Gasteiger partial charge is 0.379 e. The van der Waals surface area contributed by atoms with Crippen molar-refractivity contribution < 1.29 is 19.3 Å². The highest BCUT2D eigenvalue weighted by molar-refractivity contribution is 5.88. The third-order valence-electron chi connectivity index (χ3n) is 2.76. The van der Waals surface area contributed by atoms with E-state index in [-0.39, 0.29) is 5.60 Å². The molecule has 18 heavy (non-hydrogen) atoms. The summed E-state index contributed by atoms with van der Waals surface area (Å²) in [5, 5.41) is 0. The molecule has 0 unspecified atom stereocenters. The average Bonchev–Trinajstić information content (AvgIpc) is 2.35. The molecule has 1 rings (SSSR count). The van der Waals surface area contributed by atoms with Crippen molar-refractivity contribution in [2.75, 3.05) is 13.7 Å². The zero-order valence-electron chi connectivity index (χ0n) is 11.4. The summed E-state index contributed by atoms with van der Waals surface area (Å²) in [6, 6.07) is 7.12. The first-order valence-corrected chi connectivity index (χ1v) is 5.90. The zero-order valence-corrected chi connectivity index (χ0v) is 11.4. The van der Waals surface area contributed by atoms with Gasteiger partial charge in [-0.1, -0.05) is 17.7 Å². The van der Waals surface area contributed by atoms with Crippen molar-refractivity contribution in [1.82, 2.24) is 0 Å². The van der Waals surface area contributed by atoms with Crippen LogP contribution in [-0.2, 0) is 14.5 Å². The number of aryl methyl sites for hydroxylation is 1. The van der Waals surface area contributed by atoms with E-state index in [0.717, 1.165) is 5.56 Å². The molecule has 4 heteroatoms. The third-order valence-corrected chi connectivity index (χ3v) is 2.76. The maximum Gasteiger partial charge on any atom is 0.373 e. The molecule has 0 saturated carbocycles. The molecule has 0 bridgehead atoms. The monoisotopic (exact) mass is 252 g/mol. The van der Waals surface area contributed by atoms with E-state index in [9.17, 15) is 4.79 Å². The van der Waals surface area contributed by atoms with Crippen LogP contribution >= 0.6 is 0 Å². The number of hydrogen-bond acceptors (Lipinski definition) is 4. The topological polar surface area (TPSA) is 44.8 Å². The lowest BCUT2D eigenvalue weighted by molar-refractivity contribution is -0.247. The van der Waals surface area contributed by atoms with Crippen molar-refractivity contribution in [1.29, 1.82) is 0 Å². The molecule has 0 N–H and O–H groups in total. The Bertz CT molecular complexity index is 381. The predicted molar refractivity (Wildman–Crippen MR) is 68.3 cm³/mol. The summed E-state index contributed by atoms with van der Waals surface area (Å²) in [6.45, 7) is 6.15. The highest BCUT2D eigenvalue weighted by Gasteiger charge is 2.16. The standard InChI is InChI=1S/C14H20O4/c1-11-5-7-12(8-6-11)13(15)18-17-10-9-14(2,3)16-4/h5-8H,9-10H2,1-4H3. The fraction of sp³-hybridized carbons (Fsp3) is 0.500. The van der Waals surface area contributed by atoms with E-state index in [1.807, 2.05) is 32.9 Å². The van der Waals surface area contributed by atoms with Crippen LogP contribution in [0.5, 0.6) is 0 Å². The van der Waals surface area contributed by atoms with E-state index in [0.29, 0.717) is 18.6 Å². The maximum absolute atomic E-state index is 11.6. The SMILES string of the molecule is COC(C)(C)CCOOC(=O)c1ccc(C)cc1. The quantitative estimate of drug-likeness (QED) is 0.443. The number of methoxy groups -OCH3 is 1. The number of rotatable bonds is 6. The van der Waals surface area contributed by atoms with Crippen LogP contribution in [0.4, 0.5) is 0 Å². The maximum atomic E-state index is 11.6. The van der Waals surface area contributed by atoms with Gasteiger partial charge in [-0.3, -0.25) is 4.89 Å². The highest BCUT2D eigenvalue weighted by atomic mass is 17.2. The van der Waals surface area contributed by atoms with Crippen LogP contribution < -0.4 is 0 Å². The molecule has 0 aliphatic rings. The summed E-state index contributed by atoms with van der Waals surface area (Å²) in [7, 11) is 1.64. The Morgan fingerprint density at radius 2 is 1.83 bits per heavy atom. The van der Waals surface area contributed by atoms with Crippen molar-refractivity contribution in [2.45, 2.75) is 32.8 Å². The van der Waals surface area contributed by atoms with Gasteiger partial charge in [-0.2, -0.15) is 4.89 Å². The normalized spacial score (nSPS) is 11.3. The first kappa shape index (κ1) is 14.7. The van der Waals surface area contributed by atoms with E-state index < -0.39 is 5.97 Å². The molecule has 0 radical (unpaired) electrons. The average molecular weight is 252 g/mol. The van der Waals surface area contributed by atoms with Crippen LogP contribution in [0.3, 0.4) is 0 Å². The van der Waals surface area contributed by atoms with E-state index in [4.69, 9.17) is 14.5 Å². The van der Waals surface area contributed by atoms with Gasteiger partial charge in [0.2, 0.25) is 0 Å². The Balaban J connectivity index is 2.32. The van der Waals surface area contributed by atoms with Crippen LogP contribution in [-0.4, -0.2) is 25.3 Å². The van der Waals surface area contributed by atoms with Gasteiger partial charge in [-0.05, 0) is 32.9 Å². The first-order valence-electron chi connectivity index (χ1n) is 5.90. The van der Waals surface area contributed by atoms with Crippen molar-refractivity contribution in [3.63, 3.8) is 0 Å². The number of benzene rings is 1. The highest BCUT2D eigenvalue weighted by Crippen LogP contribution is 2.13. The van der Waals surface area contributed by atoms with Gasteiger partial charge in [-0.25, -0.2) is 4.79 Å². The molecular formula is C14H20O4. The van der Waals surface area contributed by atoms with Crippen LogP contribution in [0.15, 0.2) is 24.3 Å². The van der Waals surface area contributed by atoms with Gasteiger partial charge in [0.25, 0.3) is 0 Å². The minimum atomic E-state index is -0.481. The fourth-order valence-electron chi connectivity index (χ4n) is 1.22. The Hall–Kier alpha value is -1.39. The van der Waals surface area contributed by atoms with Gasteiger partial charge >= 0.3 is 5.97 Å². The number of carbonyl (C=O) groups excluding carboxylic acids is 1. The Kier molecular flexibility index (Phi) is 5.31. The van der Waals surface area contributed by atoms with Crippen LogP contribution in [0.25, 0.3) is 0 Å². The minimum absolute atomic E-state index is 0.281. The summed E-state index contributed by atoms with van der Waals surface area (Å²) in [5.41, 5.74) is 1.29. The zero-order chi connectivity index (χ0) is 13.6. The molecule has 0 atom stereocenters. The molecular weight excluding hydrogens is 232 g/mol. The van der Waals surface area contributed by atoms with E-state index in [2.05, 4.69) is 0 Å². The second kappa shape index (κ2) is 6.52. The van der Waals surface area contributed by atoms with Gasteiger partial charge in [0.15, 0.2) is 0 Å². The number of ether oxygens (including phenoxy) is 1. The summed E-state index contributed by atoms with van der Waals surface area (Å²) < 4.78 is 5.22. The van der Waals surface area contributed by atoms with Gasteiger partial charge in [0.1, 0.15) is 0 Å². The summed E-state index contributed by atoms with van der Waals surface area (Å²) in [5.74, 6) is -0.481. The molecule has 0 heterocycles. The van der Waals surface area contributed by atoms with Crippen molar-refractivity contribution in [2.24, 2.45) is 0 Å². The summed E-state index contributed by atoms with van der Waals surface area (Å²) in [4.78, 5) is 21.2. The minimum Gasteiger partial charge on any atom is -0.379 e. The lowest BCUT2D eigenvalue weighted by atomic mass is 10.1. The molecule has 0 aliphatic heterocycles. The second-order valence-corrected chi connectivity index (χ2v) is 4.77. The fourth-order valence-corrected chi connectivity index (χ4v) is 1.22. The molecule has 4 nitrogen and oxygen atoms in total. The van der Waals surface area contributed by atoms with Gasteiger partial charge in [0.05, 0.1) is 17.8 Å².